The Morgan fingerprint density at radius 2 is 1.61 bits per heavy atom. The van der Waals surface area contributed by atoms with Crippen LogP contribution in [0.25, 0.3) is 0 Å². The molecule has 152 valence electrons. The summed E-state index contributed by atoms with van der Waals surface area (Å²) >= 11 is 0. The first kappa shape index (κ1) is 20.1. The van der Waals surface area contributed by atoms with Crippen molar-refractivity contribution in [3.63, 3.8) is 0 Å². The minimum Gasteiger partial charge on any atom is -0.391 e. The van der Waals surface area contributed by atoms with Gasteiger partial charge in [-0.15, -0.1) is 0 Å². The molecule has 0 amide bonds. The Morgan fingerprint density at radius 3 is 2.29 bits per heavy atom. The standard InChI is InChI=1S/C17H22F3N7O/c18-17(19,20)10-23-15-25-14(22-9-11-5-7-21-8-6-11)26-16(27-15)24-12-3-1-2-4-13(12)28/h5-8,12-13,28H,1-4,9-10H2,(H3,22,23,24,25,26,27). The molecule has 11 heteroatoms. The number of rotatable bonds is 7. The maximum Gasteiger partial charge on any atom is 0.405 e. The van der Waals surface area contributed by atoms with Crippen LogP contribution in [-0.4, -0.2) is 49.9 Å². The number of aliphatic hydroxyl groups excluding tert-OH is 1. The zero-order valence-corrected chi connectivity index (χ0v) is 15.1. The van der Waals surface area contributed by atoms with Gasteiger partial charge in [0.1, 0.15) is 6.54 Å². The number of aliphatic hydroxyl groups is 1. The van der Waals surface area contributed by atoms with E-state index in [1.54, 1.807) is 24.5 Å². The van der Waals surface area contributed by atoms with Crippen LogP contribution in [-0.2, 0) is 6.54 Å². The zero-order chi connectivity index (χ0) is 20.0. The fourth-order valence-corrected chi connectivity index (χ4v) is 2.91. The monoisotopic (exact) mass is 397 g/mol. The topological polar surface area (TPSA) is 108 Å². The molecular formula is C17H22F3N7O. The summed E-state index contributed by atoms with van der Waals surface area (Å²) in [6.07, 6.45) is 1.61. The number of nitrogens with one attached hydrogen (secondary N) is 3. The lowest BCUT2D eigenvalue weighted by Crippen LogP contribution is -2.37. The fraction of sp³-hybridized carbons (Fsp3) is 0.529. The molecule has 1 aliphatic carbocycles. The van der Waals surface area contributed by atoms with Crippen molar-refractivity contribution in [1.29, 1.82) is 0 Å². The molecule has 4 N–H and O–H groups in total. The van der Waals surface area contributed by atoms with E-state index < -0.39 is 18.8 Å². The molecule has 0 bridgehead atoms. The highest BCUT2D eigenvalue weighted by molar-refractivity contribution is 5.43. The minimum atomic E-state index is -4.40. The van der Waals surface area contributed by atoms with Gasteiger partial charge in [0.05, 0.1) is 12.1 Å². The van der Waals surface area contributed by atoms with Crippen LogP contribution in [0.15, 0.2) is 24.5 Å². The highest BCUT2D eigenvalue weighted by atomic mass is 19.4. The van der Waals surface area contributed by atoms with Crippen LogP contribution < -0.4 is 16.0 Å². The van der Waals surface area contributed by atoms with Gasteiger partial charge in [0.15, 0.2) is 0 Å². The van der Waals surface area contributed by atoms with Gasteiger partial charge in [-0.1, -0.05) is 12.8 Å². The lowest BCUT2D eigenvalue weighted by Gasteiger charge is -2.28. The van der Waals surface area contributed by atoms with E-state index in [-0.39, 0.29) is 23.9 Å². The molecule has 8 nitrogen and oxygen atoms in total. The van der Waals surface area contributed by atoms with Gasteiger partial charge in [0.2, 0.25) is 17.8 Å². The largest absolute Gasteiger partial charge is 0.405 e. The number of hydrogen-bond donors (Lipinski definition) is 4. The summed E-state index contributed by atoms with van der Waals surface area (Å²) < 4.78 is 37.6. The smallest absolute Gasteiger partial charge is 0.391 e. The van der Waals surface area contributed by atoms with Gasteiger partial charge in [-0.2, -0.15) is 28.1 Å². The van der Waals surface area contributed by atoms with E-state index in [1.807, 2.05) is 0 Å². The van der Waals surface area contributed by atoms with E-state index in [0.29, 0.717) is 13.0 Å². The second kappa shape index (κ2) is 9.00. The van der Waals surface area contributed by atoms with Crippen molar-refractivity contribution < 1.29 is 18.3 Å². The van der Waals surface area contributed by atoms with Crippen LogP contribution >= 0.6 is 0 Å². The molecule has 0 radical (unpaired) electrons. The zero-order valence-electron chi connectivity index (χ0n) is 15.1. The quantitative estimate of drug-likeness (QED) is 0.565. The van der Waals surface area contributed by atoms with Gasteiger partial charge in [-0.25, -0.2) is 0 Å². The van der Waals surface area contributed by atoms with Gasteiger partial charge in [-0.05, 0) is 30.5 Å². The van der Waals surface area contributed by atoms with E-state index in [0.717, 1.165) is 24.8 Å². The summed E-state index contributed by atoms with van der Waals surface area (Å²) in [4.78, 5) is 16.2. The summed E-state index contributed by atoms with van der Waals surface area (Å²) in [5, 5.41) is 18.3. The fourth-order valence-electron chi connectivity index (χ4n) is 2.91. The Morgan fingerprint density at radius 1 is 0.964 bits per heavy atom. The highest BCUT2D eigenvalue weighted by Crippen LogP contribution is 2.22. The van der Waals surface area contributed by atoms with Crippen LogP contribution in [0, 0.1) is 0 Å². The van der Waals surface area contributed by atoms with Crippen LogP contribution in [0.4, 0.5) is 31.0 Å². The maximum absolute atomic E-state index is 12.5. The average molecular weight is 397 g/mol. The third kappa shape index (κ3) is 6.19. The number of anilines is 3. The number of alkyl halides is 3. The molecule has 2 aromatic rings. The molecular weight excluding hydrogens is 375 g/mol. The Labute approximate surface area is 160 Å². The summed E-state index contributed by atoms with van der Waals surface area (Å²) in [7, 11) is 0. The average Bonchev–Trinajstić information content (AvgIpc) is 2.67. The Balaban J connectivity index is 1.74. The first-order chi connectivity index (χ1) is 13.4. The normalized spacial score (nSPS) is 19.9. The van der Waals surface area contributed by atoms with E-state index >= 15 is 0 Å². The number of halogens is 3. The summed E-state index contributed by atoms with van der Waals surface area (Å²) in [5.74, 6) is 0.0458. The number of nitrogens with zero attached hydrogens (tertiary/aromatic N) is 4. The molecule has 1 saturated carbocycles. The van der Waals surface area contributed by atoms with E-state index in [2.05, 4.69) is 35.9 Å². The van der Waals surface area contributed by atoms with Gasteiger partial charge in [0.25, 0.3) is 0 Å². The molecule has 0 saturated heterocycles. The first-order valence-electron chi connectivity index (χ1n) is 9.03. The number of pyridine rings is 1. The molecule has 0 spiro atoms. The van der Waals surface area contributed by atoms with Crippen molar-refractivity contribution >= 4 is 17.8 Å². The SMILES string of the molecule is OC1CCCCC1Nc1nc(NCc2ccncc2)nc(NCC(F)(F)F)n1. The number of aromatic nitrogens is 4. The highest BCUT2D eigenvalue weighted by Gasteiger charge is 2.28. The van der Waals surface area contributed by atoms with Gasteiger partial charge >= 0.3 is 6.18 Å². The molecule has 3 rings (SSSR count). The third-order valence-electron chi connectivity index (χ3n) is 4.33. The lowest BCUT2D eigenvalue weighted by molar-refractivity contribution is -0.115. The summed E-state index contributed by atoms with van der Waals surface area (Å²) in [6, 6.07) is 3.35. The van der Waals surface area contributed by atoms with Gasteiger partial charge < -0.3 is 21.1 Å². The van der Waals surface area contributed by atoms with Gasteiger partial charge in [0, 0.05) is 18.9 Å². The van der Waals surface area contributed by atoms with Crippen molar-refractivity contribution in [2.24, 2.45) is 0 Å². The minimum absolute atomic E-state index is 0.114. The van der Waals surface area contributed by atoms with Gasteiger partial charge in [-0.3, -0.25) is 4.98 Å². The Kier molecular flexibility index (Phi) is 6.45. The van der Waals surface area contributed by atoms with Crippen LogP contribution in [0.3, 0.4) is 0 Å². The van der Waals surface area contributed by atoms with E-state index in [4.69, 9.17) is 0 Å². The molecule has 0 aliphatic heterocycles. The van der Waals surface area contributed by atoms with Crippen molar-refractivity contribution in [3.05, 3.63) is 30.1 Å². The molecule has 28 heavy (non-hydrogen) atoms. The maximum atomic E-state index is 12.5. The molecule has 2 heterocycles. The predicted molar refractivity (Wildman–Crippen MR) is 97.8 cm³/mol. The predicted octanol–water partition coefficient (Wildman–Crippen LogP) is 2.57. The summed E-state index contributed by atoms with van der Waals surface area (Å²) in [5.41, 5.74) is 0.914. The molecule has 1 fully saturated rings. The van der Waals surface area contributed by atoms with Crippen LogP contribution in [0.2, 0.25) is 0 Å². The lowest BCUT2D eigenvalue weighted by atomic mass is 9.93. The molecule has 0 aromatic carbocycles. The first-order valence-corrected chi connectivity index (χ1v) is 9.03. The molecule has 1 aliphatic rings. The number of hydrogen-bond acceptors (Lipinski definition) is 8. The Hall–Kier alpha value is -2.69. The van der Waals surface area contributed by atoms with Crippen molar-refractivity contribution in [3.8, 4) is 0 Å². The van der Waals surface area contributed by atoms with E-state index in [9.17, 15) is 18.3 Å². The molecule has 2 aromatic heterocycles. The van der Waals surface area contributed by atoms with Crippen LogP contribution in [0.1, 0.15) is 31.2 Å². The molecule has 2 unspecified atom stereocenters. The summed E-state index contributed by atoms with van der Waals surface area (Å²) in [6.45, 7) is -0.886. The Bertz CT molecular complexity index is 760. The van der Waals surface area contributed by atoms with Crippen molar-refractivity contribution in [2.45, 2.75) is 50.6 Å². The van der Waals surface area contributed by atoms with Crippen LogP contribution in [0.5, 0.6) is 0 Å². The second-order valence-corrected chi connectivity index (χ2v) is 6.59. The third-order valence-corrected chi connectivity index (χ3v) is 4.33. The van der Waals surface area contributed by atoms with Crippen molar-refractivity contribution in [2.75, 3.05) is 22.5 Å². The second-order valence-electron chi connectivity index (χ2n) is 6.59. The van der Waals surface area contributed by atoms with E-state index in [1.165, 1.54) is 0 Å². The molecule has 2 atom stereocenters. The van der Waals surface area contributed by atoms with Crippen molar-refractivity contribution in [1.82, 2.24) is 19.9 Å².